The van der Waals surface area contributed by atoms with Crippen molar-refractivity contribution in [1.82, 2.24) is 0 Å². The summed E-state index contributed by atoms with van der Waals surface area (Å²) in [5, 5.41) is 0. The van der Waals surface area contributed by atoms with Crippen LogP contribution in [0.4, 0.5) is 13.2 Å². The average molecular weight is 755 g/mol. The lowest BCUT2D eigenvalue weighted by Gasteiger charge is -2.54. The zero-order chi connectivity index (χ0) is 28.3. The molecule has 0 saturated heterocycles. The van der Waals surface area contributed by atoms with Crippen molar-refractivity contribution in [3.05, 3.63) is 0 Å². The highest BCUT2D eigenvalue weighted by Gasteiger charge is 2.79. The van der Waals surface area contributed by atoms with Gasteiger partial charge in [-0.3, -0.25) is 0 Å². The summed E-state index contributed by atoms with van der Waals surface area (Å²) >= 11 is 0. The largest absolute Gasteiger partial charge is 0.433 e. The van der Waals surface area contributed by atoms with Gasteiger partial charge in [-0.05, 0) is 12.6 Å². The molecule has 200 valence electrons. The Morgan fingerprint density at radius 2 is 1.03 bits per heavy atom. The number of halogens is 3. The minimum absolute atomic E-state index is 0.882. The van der Waals surface area contributed by atoms with Gasteiger partial charge in [0.25, 0.3) is 32.3 Å². The van der Waals surface area contributed by atoms with Gasteiger partial charge in [-0.25, -0.2) is 0 Å². The van der Waals surface area contributed by atoms with Crippen LogP contribution in [-0.4, -0.2) is 177 Å². The van der Waals surface area contributed by atoms with Gasteiger partial charge in [0.1, 0.15) is 0 Å². The monoisotopic (exact) mass is 754 g/mol. The second-order valence-corrected chi connectivity index (χ2v) is 57.0. The van der Waals surface area contributed by atoms with Crippen LogP contribution in [0.5, 0.6) is 0 Å². The Kier molecular flexibility index (Phi) is 17.6. The molecule has 1 unspecified atom stereocenters. The molecule has 10 N–H and O–H groups in total. The summed E-state index contributed by atoms with van der Waals surface area (Å²) in [7, 11) is -27.9. The van der Waals surface area contributed by atoms with Gasteiger partial charge in [0.05, 0.1) is 0 Å². The van der Waals surface area contributed by atoms with Crippen molar-refractivity contribution in [3.63, 3.8) is 0 Å². The first kappa shape index (κ1) is 38.2. The number of hydrogen-bond acceptors (Lipinski definition) is 15. The zero-order valence-electron chi connectivity index (χ0n) is 17.6. The molecule has 0 aliphatic heterocycles. The Labute approximate surface area is 229 Å². The third kappa shape index (κ3) is 9.38. The first-order valence-corrected chi connectivity index (χ1v) is 34.8. The second-order valence-electron chi connectivity index (χ2n) is 6.34. The topological polar surface area (TPSA) is 248 Å². The van der Waals surface area contributed by atoms with Crippen LogP contribution in [0.1, 0.15) is 6.42 Å². The van der Waals surface area contributed by atoms with Gasteiger partial charge in [-0.2, -0.15) is 13.2 Å². The minimum Gasteiger partial charge on any atom is -0.433 e. The molecule has 0 amide bonds. The lowest BCUT2D eigenvalue weighted by molar-refractivity contribution is -0.131. The molecule has 15 nitrogen and oxygen atoms in total. The van der Waals surface area contributed by atoms with Crippen molar-refractivity contribution < 1.29 is 81.7 Å². The van der Waals surface area contributed by atoms with E-state index in [4.69, 9.17) is 20.6 Å². The van der Waals surface area contributed by atoms with Crippen LogP contribution >= 0.6 is 0 Å². The summed E-state index contributed by atoms with van der Waals surface area (Å²) in [6.07, 6.45) is -6.31. The fourth-order valence-electron chi connectivity index (χ4n) is 2.40. The summed E-state index contributed by atoms with van der Waals surface area (Å²) in [5.41, 5.74) is 0. The van der Waals surface area contributed by atoms with Crippen LogP contribution in [-0.2, 0) is 20.6 Å². The molecule has 0 aromatic rings. The molecule has 0 saturated carbocycles. The van der Waals surface area contributed by atoms with Gasteiger partial charge in [0, 0.05) is 6.42 Å². The number of alkyl halides is 3. The van der Waals surface area contributed by atoms with E-state index in [1.54, 1.807) is 0 Å². The predicted molar refractivity (Wildman–Crippen MR) is 130 cm³/mol. The van der Waals surface area contributed by atoms with Gasteiger partial charge in [-0.15, -0.1) is 0 Å². The summed E-state index contributed by atoms with van der Waals surface area (Å²) < 4.78 is 66.4. The van der Waals surface area contributed by atoms with E-state index in [9.17, 15) is 61.1 Å². The van der Waals surface area contributed by atoms with Gasteiger partial charge in [-0.1, -0.05) is 0 Å². The Morgan fingerprint density at radius 1 is 0.639 bits per heavy atom. The van der Waals surface area contributed by atoms with E-state index in [1.807, 2.05) is 0 Å². The molecule has 0 aromatic heterocycles. The molecule has 0 rings (SSSR count). The van der Waals surface area contributed by atoms with Crippen molar-refractivity contribution in [2.75, 3.05) is 0 Å². The third-order valence-corrected chi connectivity index (χ3v) is 80.0. The Morgan fingerprint density at radius 3 is 1.31 bits per heavy atom. The van der Waals surface area contributed by atoms with Crippen LogP contribution < -0.4 is 0 Å². The summed E-state index contributed by atoms with van der Waals surface area (Å²) in [5.74, 6) is 0. The normalized spacial score (nSPS) is 15.8. The standard InChI is InChI=1S/C4H17F3O15Si14/c1-32(17,3-2-4(5,6)7)21-34(35(28-13,29-14)19-24-9,36(30-15,31-16)20-25-10)22-33(26-11,27-12)18-23-8/h8-17H,2-3H2,1H3. The van der Waals surface area contributed by atoms with Gasteiger partial charge in [0.15, 0.2) is 0 Å². The van der Waals surface area contributed by atoms with Crippen LogP contribution in [0.3, 0.4) is 0 Å². The highest BCUT2D eigenvalue weighted by Crippen LogP contribution is 2.36. The lowest BCUT2D eigenvalue weighted by Crippen LogP contribution is -2.94. The third-order valence-electron chi connectivity index (χ3n) is 3.96. The van der Waals surface area contributed by atoms with E-state index in [2.05, 4.69) is 0 Å². The van der Waals surface area contributed by atoms with Crippen LogP contribution in [0.25, 0.3) is 0 Å². The Balaban J connectivity index is 7.56. The van der Waals surface area contributed by atoms with Crippen molar-refractivity contribution in [2.45, 2.75) is 25.2 Å². The van der Waals surface area contributed by atoms with Gasteiger partial charge in [0.2, 0.25) is 37.1 Å². The van der Waals surface area contributed by atoms with Crippen molar-refractivity contribution >= 4 is 123 Å². The molecule has 32 heteroatoms. The molecule has 0 aliphatic rings. The second kappa shape index (κ2) is 16.6. The van der Waals surface area contributed by atoms with Gasteiger partial charge >= 0.3 is 59.9 Å². The van der Waals surface area contributed by atoms with Crippen LogP contribution in [0, 0.1) is 0 Å². The number of hydrogen-bond donors (Lipinski definition) is 10. The molecule has 1 atom stereocenters. The van der Waals surface area contributed by atoms with Crippen molar-refractivity contribution in [2.24, 2.45) is 0 Å². The fraction of sp³-hybridized carbons (Fsp3) is 1.00. The fourth-order valence-corrected chi connectivity index (χ4v) is 111. The molecule has 0 aliphatic carbocycles. The molecular formula is C4H17F3O15Si14. The maximum absolute atomic E-state index is 13.0. The van der Waals surface area contributed by atoms with E-state index in [0.29, 0.717) is 0 Å². The summed E-state index contributed by atoms with van der Waals surface area (Å²) in [4.78, 5) is 101. The minimum atomic E-state index is -5.30. The van der Waals surface area contributed by atoms with E-state index in [-0.39, 0.29) is 0 Å². The van der Waals surface area contributed by atoms with Gasteiger partial charge < -0.3 is 68.5 Å². The molecule has 0 aromatic carbocycles. The average Bonchev–Trinajstić information content (AvgIpc) is 2.83. The first-order chi connectivity index (χ1) is 16.7. The maximum atomic E-state index is 13.0. The predicted octanol–water partition coefficient (Wildman–Crippen LogP) is -8.75. The Bertz CT molecular complexity index is 599. The quantitative estimate of drug-likeness (QED) is 0.0519. The van der Waals surface area contributed by atoms with E-state index in [1.165, 1.54) is 0 Å². The molecule has 36 heavy (non-hydrogen) atoms. The summed E-state index contributed by atoms with van der Waals surface area (Å²) in [6, 6.07) is -1.04. The van der Waals surface area contributed by atoms with Crippen molar-refractivity contribution in [3.8, 4) is 0 Å². The van der Waals surface area contributed by atoms with Crippen molar-refractivity contribution in [1.29, 1.82) is 0 Å². The lowest BCUT2D eigenvalue weighted by atomic mass is 10.5. The molecule has 0 spiro atoms. The maximum Gasteiger partial charge on any atom is 0.420 e. The summed E-state index contributed by atoms with van der Waals surface area (Å²) in [6.45, 7) is -8.50. The molecule has 18 radical (unpaired) electrons. The van der Waals surface area contributed by atoms with Crippen LogP contribution in [0.2, 0.25) is 12.6 Å². The van der Waals surface area contributed by atoms with E-state index in [0.717, 1.165) is 6.55 Å². The van der Waals surface area contributed by atoms with Crippen LogP contribution in [0.15, 0.2) is 0 Å². The highest BCUT2D eigenvalue weighted by molar-refractivity contribution is 7.96. The highest BCUT2D eigenvalue weighted by atomic mass is 30.2. The zero-order valence-corrected chi connectivity index (χ0v) is 31.6. The molecular weight excluding hydrogens is 738 g/mol. The molecule has 0 heterocycles. The van der Waals surface area contributed by atoms with E-state index >= 15 is 0 Å². The Hall–Kier alpha value is 2.23. The SMILES string of the molecule is C[Si](O)(CCC(F)(F)F)O[Si](O[Si](O[Si]O)([Si]O)[Si]O)([Si](O[Si]O)([Si]O)[Si]O)[Si](O[Si]O)([Si]O)[Si]O. The molecule has 0 bridgehead atoms. The smallest absolute Gasteiger partial charge is 0.420 e. The first-order valence-electron chi connectivity index (χ1n) is 8.55. The van der Waals surface area contributed by atoms with E-state index < -0.39 is 142 Å². The molecule has 0 fully saturated rings. The number of rotatable bonds is 20.